The van der Waals surface area contributed by atoms with E-state index in [-0.39, 0.29) is 24.0 Å². The van der Waals surface area contributed by atoms with Gasteiger partial charge in [-0.2, -0.15) is 0 Å². The predicted octanol–water partition coefficient (Wildman–Crippen LogP) is 2.40. The molecule has 1 rings (SSSR count). The summed E-state index contributed by atoms with van der Waals surface area (Å²) >= 11 is 0. The van der Waals surface area contributed by atoms with Crippen molar-refractivity contribution in [1.82, 2.24) is 10.6 Å². The molecule has 0 bridgehead atoms. The second-order valence-electron chi connectivity index (χ2n) is 4.01. The zero-order valence-corrected chi connectivity index (χ0v) is 14.9. The summed E-state index contributed by atoms with van der Waals surface area (Å²) < 4.78 is 10.7. The van der Waals surface area contributed by atoms with Crippen LogP contribution >= 0.6 is 24.0 Å². The average molecular weight is 393 g/mol. The number of halogens is 1. The van der Waals surface area contributed by atoms with Crippen LogP contribution in [0.4, 0.5) is 0 Å². The minimum absolute atomic E-state index is 0. The molecule has 0 unspecified atom stereocenters. The summed E-state index contributed by atoms with van der Waals surface area (Å²) in [4.78, 5) is 4.16. The fourth-order valence-electron chi connectivity index (χ4n) is 1.74. The van der Waals surface area contributed by atoms with Gasteiger partial charge in [-0.1, -0.05) is 19.1 Å². The summed E-state index contributed by atoms with van der Waals surface area (Å²) in [6, 6.07) is 5.83. The van der Waals surface area contributed by atoms with Gasteiger partial charge in [0.15, 0.2) is 17.5 Å². The lowest BCUT2D eigenvalue weighted by Crippen LogP contribution is -2.37. The third-order valence-corrected chi connectivity index (χ3v) is 2.70. The molecule has 0 aliphatic rings. The number of hydrogen-bond acceptors (Lipinski definition) is 3. The molecule has 0 radical (unpaired) electrons. The summed E-state index contributed by atoms with van der Waals surface area (Å²) in [7, 11) is 5.04. The number of nitrogens with zero attached hydrogens (tertiary/aromatic N) is 1. The quantitative estimate of drug-likeness (QED) is 0.443. The number of methoxy groups -OCH3 is 2. The second kappa shape index (κ2) is 10.6. The Hall–Kier alpha value is -1.18. The van der Waals surface area contributed by atoms with E-state index < -0.39 is 0 Å². The molecule has 0 heterocycles. The van der Waals surface area contributed by atoms with E-state index >= 15 is 0 Å². The smallest absolute Gasteiger partial charge is 0.191 e. The van der Waals surface area contributed by atoms with Crippen LogP contribution < -0.4 is 20.1 Å². The van der Waals surface area contributed by atoms with Crippen molar-refractivity contribution in [3.63, 3.8) is 0 Å². The van der Waals surface area contributed by atoms with Crippen LogP contribution in [-0.4, -0.2) is 33.8 Å². The number of aliphatic imine (C=N–C) groups is 1. The summed E-state index contributed by atoms with van der Waals surface area (Å²) in [6.45, 7) is 3.64. The van der Waals surface area contributed by atoms with E-state index in [0.717, 1.165) is 36.0 Å². The Morgan fingerprint density at radius 3 is 2.50 bits per heavy atom. The van der Waals surface area contributed by atoms with Crippen LogP contribution in [0.15, 0.2) is 23.2 Å². The molecule has 20 heavy (non-hydrogen) atoms. The molecule has 5 nitrogen and oxygen atoms in total. The Morgan fingerprint density at radius 1 is 1.20 bits per heavy atom. The first kappa shape index (κ1) is 18.8. The van der Waals surface area contributed by atoms with Crippen molar-refractivity contribution in [3.05, 3.63) is 23.8 Å². The predicted molar refractivity (Wildman–Crippen MR) is 93.5 cm³/mol. The number of benzene rings is 1. The van der Waals surface area contributed by atoms with Crippen LogP contribution in [0.3, 0.4) is 0 Å². The van der Waals surface area contributed by atoms with Crippen molar-refractivity contribution in [2.45, 2.75) is 19.9 Å². The lowest BCUT2D eigenvalue weighted by molar-refractivity contribution is 0.351. The number of hydrogen-bond donors (Lipinski definition) is 2. The molecule has 1 aromatic rings. The minimum atomic E-state index is 0. The van der Waals surface area contributed by atoms with Crippen molar-refractivity contribution in [3.8, 4) is 11.5 Å². The van der Waals surface area contributed by atoms with E-state index in [9.17, 15) is 0 Å². The Bertz CT molecular complexity index is 425. The van der Waals surface area contributed by atoms with E-state index in [0.29, 0.717) is 6.54 Å². The molecule has 0 amide bonds. The lowest BCUT2D eigenvalue weighted by atomic mass is 10.2. The Balaban J connectivity index is 0.00000361. The van der Waals surface area contributed by atoms with Gasteiger partial charge in [-0.05, 0) is 12.5 Å². The third kappa shape index (κ3) is 5.44. The van der Waals surface area contributed by atoms with Crippen LogP contribution in [-0.2, 0) is 6.54 Å². The molecular weight excluding hydrogens is 369 g/mol. The molecule has 6 heteroatoms. The van der Waals surface area contributed by atoms with E-state index in [4.69, 9.17) is 9.47 Å². The second-order valence-corrected chi connectivity index (χ2v) is 4.01. The van der Waals surface area contributed by atoms with Gasteiger partial charge in [0.1, 0.15) is 0 Å². The highest BCUT2D eigenvalue weighted by atomic mass is 127. The van der Waals surface area contributed by atoms with E-state index in [1.807, 2.05) is 18.2 Å². The van der Waals surface area contributed by atoms with Gasteiger partial charge in [0.05, 0.1) is 14.2 Å². The lowest BCUT2D eigenvalue weighted by Gasteiger charge is -2.15. The SMILES string of the molecule is CCCNC(=NC)NCc1cccc(OC)c1OC.I. The first-order chi connectivity index (χ1) is 9.26. The minimum Gasteiger partial charge on any atom is -0.493 e. The molecule has 0 atom stereocenters. The number of nitrogens with one attached hydrogen (secondary N) is 2. The molecule has 0 aromatic heterocycles. The maximum atomic E-state index is 5.39. The van der Waals surface area contributed by atoms with E-state index in [1.165, 1.54) is 0 Å². The van der Waals surface area contributed by atoms with E-state index in [1.54, 1.807) is 21.3 Å². The fourth-order valence-corrected chi connectivity index (χ4v) is 1.74. The number of guanidine groups is 1. The van der Waals surface area contributed by atoms with Crippen LogP contribution in [0, 0.1) is 0 Å². The summed E-state index contributed by atoms with van der Waals surface area (Å²) in [6.07, 6.45) is 1.06. The highest BCUT2D eigenvalue weighted by Crippen LogP contribution is 2.30. The fraction of sp³-hybridized carbons (Fsp3) is 0.500. The first-order valence-electron chi connectivity index (χ1n) is 6.41. The van der Waals surface area contributed by atoms with Gasteiger partial charge in [-0.25, -0.2) is 0 Å². The maximum Gasteiger partial charge on any atom is 0.191 e. The van der Waals surface area contributed by atoms with Gasteiger partial charge in [0, 0.05) is 25.7 Å². The molecule has 0 saturated heterocycles. The van der Waals surface area contributed by atoms with Gasteiger partial charge in [-0.3, -0.25) is 4.99 Å². The molecular formula is C14H24IN3O2. The van der Waals surface area contributed by atoms with Crippen molar-refractivity contribution in [2.24, 2.45) is 4.99 Å². The molecule has 0 saturated carbocycles. The maximum absolute atomic E-state index is 5.39. The Labute approximate surface area is 138 Å². The molecule has 1 aromatic carbocycles. The molecule has 0 aliphatic heterocycles. The number of para-hydroxylation sites is 1. The third-order valence-electron chi connectivity index (χ3n) is 2.70. The van der Waals surface area contributed by atoms with Crippen LogP contribution in [0.2, 0.25) is 0 Å². The van der Waals surface area contributed by atoms with Crippen molar-refractivity contribution >= 4 is 29.9 Å². The van der Waals surface area contributed by atoms with Crippen molar-refractivity contribution < 1.29 is 9.47 Å². The van der Waals surface area contributed by atoms with Crippen LogP contribution in [0.5, 0.6) is 11.5 Å². The Kier molecular flexibility index (Phi) is 9.96. The Morgan fingerprint density at radius 2 is 1.95 bits per heavy atom. The summed E-state index contributed by atoms with van der Waals surface area (Å²) in [5.41, 5.74) is 1.03. The molecule has 0 aliphatic carbocycles. The topological polar surface area (TPSA) is 54.9 Å². The van der Waals surface area contributed by atoms with Gasteiger partial charge < -0.3 is 20.1 Å². The highest BCUT2D eigenvalue weighted by Gasteiger charge is 2.09. The van der Waals surface area contributed by atoms with Gasteiger partial charge in [-0.15, -0.1) is 24.0 Å². The monoisotopic (exact) mass is 393 g/mol. The van der Waals surface area contributed by atoms with Gasteiger partial charge in [0.25, 0.3) is 0 Å². The largest absolute Gasteiger partial charge is 0.493 e. The number of ether oxygens (including phenoxy) is 2. The number of rotatable bonds is 6. The molecule has 0 fully saturated rings. The normalized spacial score (nSPS) is 10.5. The summed E-state index contributed by atoms with van der Waals surface area (Å²) in [5.74, 6) is 2.27. The summed E-state index contributed by atoms with van der Waals surface area (Å²) in [5, 5.41) is 6.47. The van der Waals surface area contributed by atoms with Crippen LogP contribution in [0.1, 0.15) is 18.9 Å². The highest BCUT2D eigenvalue weighted by molar-refractivity contribution is 14.0. The van der Waals surface area contributed by atoms with Crippen molar-refractivity contribution in [1.29, 1.82) is 0 Å². The van der Waals surface area contributed by atoms with Gasteiger partial charge in [0.2, 0.25) is 0 Å². The van der Waals surface area contributed by atoms with Gasteiger partial charge >= 0.3 is 0 Å². The van der Waals surface area contributed by atoms with Crippen LogP contribution in [0.25, 0.3) is 0 Å². The molecule has 114 valence electrons. The van der Waals surface area contributed by atoms with Crippen molar-refractivity contribution in [2.75, 3.05) is 27.8 Å². The first-order valence-corrected chi connectivity index (χ1v) is 6.41. The molecule has 0 spiro atoms. The zero-order valence-electron chi connectivity index (χ0n) is 12.5. The average Bonchev–Trinajstić information content (AvgIpc) is 2.46. The molecule has 2 N–H and O–H groups in total. The standard InChI is InChI=1S/C14H23N3O2.HI/c1-5-9-16-14(15-2)17-10-11-7-6-8-12(18-3)13(11)19-4;/h6-8H,5,9-10H2,1-4H3,(H2,15,16,17);1H. The van der Waals surface area contributed by atoms with E-state index in [2.05, 4.69) is 22.5 Å². The zero-order chi connectivity index (χ0) is 14.1.